The average Bonchev–Trinajstić information content (AvgIpc) is 3.49. The molecule has 3 aliphatic rings. The smallest absolute Gasteiger partial charge is 0.325 e. The van der Waals surface area contributed by atoms with Crippen LogP contribution in [0.2, 0.25) is 0 Å². The topological polar surface area (TPSA) is 83.9 Å². The highest BCUT2D eigenvalue weighted by atomic mass is 16.5. The fraction of sp³-hybridized carbons (Fsp3) is 0.538. The van der Waals surface area contributed by atoms with E-state index < -0.39 is 12.0 Å². The van der Waals surface area contributed by atoms with E-state index in [2.05, 4.69) is 17.4 Å². The van der Waals surface area contributed by atoms with Crippen LogP contribution in [-0.4, -0.2) is 59.9 Å². The summed E-state index contributed by atoms with van der Waals surface area (Å²) in [5.41, 5.74) is 4.34. The van der Waals surface area contributed by atoms with E-state index in [-0.39, 0.29) is 6.10 Å². The van der Waals surface area contributed by atoms with Gasteiger partial charge in [-0.25, -0.2) is 4.98 Å². The van der Waals surface area contributed by atoms with Crippen LogP contribution < -0.4 is 10.1 Å². The van der Waals surface area contributed by atoms with E-state index in [1.54, 1.807) is 0 Å². The van der Waals surface area contributed by atoms with Gasteiger partial charge < -0.3 is 19.9 Å². The molecule has 0 saturated carbocycles. The number of carboxylic acids is 1. The van der Waals surface area contributed by atoms with E-state index in [4.69, 9.17) is 14.5 Å². The van der Waals surface area contributed by atoms with Crippen molar-refractivity contribution in [1.82, 2.24) is 9.88 Å². The zero-order valence-corrected chi connectivity index (χ0v) is 19.1. The second-order valence-corrected chi connectivity index (χ2v) is 9.25. The van der Waals surface area contributed by atoms with E-state index in [0.717, 1.165) is 80.0 Å². The molecule has 3 aliphatic heterocycles. The van der Waals surface area contributed by atoms with Crippen molar-refractivity contribution in [2.75, 3.05) is 38.2 Å². The van der Waals surface area contributed by atoms with Crippen molar-refractivity contribution in [1.29, 1.82) is 0 Å². The van der Waals surface area contributed by atoms with Crippen molar-refractivity contribution >= 4 is 11.8 Å². The van der Waals surface area contributed by atoms with Gasteiger partial charge in [-0.3, -0.25) is 9.69 Å². The van der Waals surface area contributed by atoms with Crippen molar-refractivity contribution in [2.24, 2.45) is 0 Å². The number of nitrogens with one attached hydrogen (secondary N) is 1. The van der Waals surface area contributed by atoms with Gasteiger partial charge >= 0.3 is 5.97 Å². The zero-order chi connectivity index (χ0) is 22.6. The van der Waals surface area contributed by atoms with Crippen molar-refractivity contribution < 1.29 is 19.4 Å². The first-order valence-electron chi connectivity index (χ1n) is 12.2. The minimum atomic E-state index is -0.827. The van der Waals surface area contributed by atoms with E-state index in [1.165, 1.54) is 12.0 Å². The molecule has 0 bridgehead atoms. The Balaban J connectivity index is 1.09. The zero-order valence-electron chi connectivity index (χ0n) is 19.1. The molecule has 176 valence electrons. The molecule has 0 spiro atoms. The van der Waals surface area contributed by atoms with E-state index >= 15 is 0 Å². The summed E-state index contributed by atoms with van der Waals surface area (Å²) in [6.45, 7) is 3.69. The van der Waals surface area contributed by atoms with Gasteiger partial charge in [-0.1, -0.05) is 24.3 Å². The average molecular weight is 452 g/mol. The van der Waals surface area contributed by atoms with Crippen molar-refractivity contribution in [3.63, 3.8) is 0 Å². The Labute approximate surface area is 195 Å². The second-order valence-electron chi connectivity index (χ2n) is 9.25. The van der Waals surface area contributed by atoms with E-state index in [1.807, 2.05) is 23.1 Å². The summed E-state index contributed by atoms with van der Waals surface area (Å²) < 4.78 is 11.9. The maximum atomic E-state index is 12.2. The second kappa shape index (κ2) is 10.1. The Morgan fingerprint density at radius 2 is 2.18 bits per heavy atom. The highest BCUT2D eigenvalue weighted by Crippen LogP contribution is 2.37. The van der Waals surface area contributed by atoms with Crippen LogP contribution in [0.15, 0.2) is 30.3 Å². The standard InChI is InChI=1S/C26H33N3O4/c30-26(31)23(22-8-3-5-18-12-16-33-24(18)22)29-14-11-21(17-29)32-15-2-1-7-20-10-9-19-6-4-13-27-25(19)28-20/h3,5,8-10,21,23H,1-2,4,6-7,11-17H2,(H,27,28)(H,30,31)/t21-,23-/m1/s1. The molecule has 0 unspecified atom stereocenters. The summed E-state index contributed by atoms with van der Waals surface area (Å²) >= 11 is 0. The number of rotatable bonds is 9. The molecule has 1 aromatic heterocycles. The van der Waals surface area contributed by atoms with Crippen LogP contribution >= 0.6 is 0 Å². The van der Waals surface area contributed by atoms with Crippen LogP contribution in [0.4, 0.5) is 5.82 Å². The van der Waals surface area contributed by atoms with Crippen LogP contribution in [0.25, 0.3) is 0 Å². The monoisotopic (exact) mass is 451 g/mol. The third-order valence-electron chi connectivity index (χ3n) is 6.95. The summed E-state index contributed by atoms with van der Waals surface area (Å²) in [5, 5.41) is 13.4. The van der Waals surface area contributed by atoms with Gasteiger partial charge in [-0.15, -0.1) is 0 Å². The van der Waals surface area contributed by atoms with Gasteiger partial charge in [0.2, 0.25) is 0 Å². The molecule has 7 nitrogen and oxygen atoms in total. The minimum Gasteiger partial charge on any atom is -0.493 e. The number of aryl methyl sites for hydroxylation is 2. The number of pyridine rings is 1. The van der Waals surface area contributed by atoms with Gasteiger partial charge in [0.05, 0.1) is 12.7 Å². The van der Waals surface area contributed by atoms with Crippen LogP contribution in [0.3, 0.4) is 0 Å². The van der Waals surface area contributed by atoms with Crippen LogP contribution in [-0.2, 0) is 28.8 Å². The summed E-state index contributed by atoms with van der Waals surface area (Å²) in [4.78, 5) is 19.0. The minimum absolute atomic E-state index is 0.0793. The summed E-state index contributed by atoms with van der Waals surface area (Å²) in [7, 11) is 0. The van der Waals surface area contributed by atoms with Gasteiger partial charge in [-0.05, 0) is 55.7 Å². The Morgan fingerprint density at radius 1 is 1.24 bits per heavy atom. The first-order valence-corrected chi connectivity index (χ1v) is 12.2. The van der Waals surface area contributed by atoms with Crippen molar-refractivity contribution in [3.8, 4) is 5.75 Å². The number of aromatic nitrogens is 1. The fourth-order valence-electron chi connectivity index (χ4n) is 5.23. The highest BCUT2D eigenvalue weighted by Gasteiger charge is 2.36. The molecule has 2 atom stereocenters. The molecular weight excluding hydrogens is 418 g/mol. The Kier molecular flexibility index (Phi) is 6.78. The van der Waals surface area contributed by atoms with Gasteiger partial charge in [-0.2, -0.15) is 0 Å². The van der Waals surface area contributed by atoms with Crippen molar-refractivity contribution in [3.05, 3.63) is 52.7 Å². The lowest BCUT2D eigenvalue weighted by Crippen LogP contribution is -2.33. The molecule has 1 aromatic carbocycles. The predicted molar refractivity (Wildman–Crippen MR) is 126 cm³/mol. The fourth-order valence-corrected chi connectivity index (χ4v) is 5.23. The molecule has 0 aliphatic carbocycles. The molecule has 2 N–H and O–H groups in total. The lowest BCUT2D eigenvalue weighted by Gasteiger charge is -2.26. The SMILES string of the molecule is O=C(O)[C@@H](c1cccc2c1OCC2)N1CC[C@@H](OCCCCc2ccc3c(n2)NCCC3)C1. The molecule has 2 aromatic rings. The number of ether oxygens (including phenoxy) is 2. The number of aliphatic carboxylic acids is 1. The summed E-state index contributed by atoms with van der Waals surface area (Å²) in [6.07, 6.45) is 7.04. The number of benzene rings is 1. The highest BCUT2D eigenvalue weighted by molar-refractivity contribution is 5.77. The number of hydrogen-bond acceptors (Lipinski definition) is 6. The van der Waals surface area contributed by atoms with Crippen LogP contribution in [0.5, 0.6) is 5.75 Å². The summed E-state index contributed by atoms with van der Waals surface area (Å²) in [5.74, 6) is 0.996. The third kappa shape index (κ3) is 4.99. The number of carbonyl (C=O) groups is 1. The van der Waals surface area contributed by atoms with Gasteiger partial charge in [0, 0.05) is 43.9 Å². The van der Waals surface area contributed by atoms with Crippen LogP contribution in [0, 0.1) is 0 Å². The van der Waals surface area contributed by atoms with Gasteiger partial charge in [0.1, 0.15) is 17.6 Å². The number of anilines is 1. The van der Waals surface area contributed by atoms with Crippen LogP contribution in [0.1, 0.15) is 54.1 Å². The molecule has 1 saturated heterocycles. The van der Waals surface area contributed by atoms with Gasteiger partial charge in [0.15, 0.2) is 0 Å². The molecule has 4 heterocycles. The molecule has 0 amide bonds. The number of nitrogens with zero attached hydrogens (tertiary/aromatic N) is 2. The first kappa shape index (κ1) is 22.2. The lowest BCUT2D eigenvalue weighted by atomic mass is 10.0. The lowest BCUT2D eigenvalue weighted by molar-refractivity contribution is -0.143. The number of carboxylic acid groups (broad SMARTS) is 1. The normalized spacial score (nSPS) is 20.5. The number of para-hydroxylation sites is 1. The molecule has 7 heteroatoms. The number of fused-ring (bicyclic) bond motifs is 2. The Hall–Kier alpha value is -2.64. The third-order valence-corrected chi connectivity index (χ3v) is 6.95. The quantitative estimate of drug-likeness (QED) is 0.564. The molecule has 5 rings (SSSR count). The predicted octanol–water partition coefficient (Wildman–Crippen LogP) is 3.61. The Bertz CT molecular complexity index is 995. The number of unbranched alkanes of at least 4 members (excludes halogenated alkanes) is 1. The summed E-state index contributed by atoms with van der Waals surface area (Å²) in [6, 6.07) is 9.53. The maximum absolute atomic E-state index is 12.2. The first-order chi connectivity index (χ1) is 16.2. The largest absolute Gasteiger partial charge is 0.493 e. The maximum Gasteiger partial charge on any atom is 0.325 e. The number of likely N-dealkylation sites (tertiary alicyclic amines) is 1. The van der Waals surface area contributed by atoms with Crippen molar-refractivity contribution in [2.45, 2.75) is 57.1 Å². The van der Waals surface area contributed by atoms with E-state index in [0.29, 0.717) is 19.8 Å². The number of hydrogen-bond donors (Lipinski definition) is 2. The van der Waals surface area contributed by atoms with E-state index in [9.17, 15) is 9.90 Å². The molecular formula is C26H33N3O4. The molecule has 1 fully saturated rings. The molecule has 0 radical (unpaired) electrons. The molecule has 33 heavy (non-hydrogen) atoms. The van der Waals surface area contributed by atoms with Gasteiger partial charge in [0.25, 0.3) is 0 Å². The Morgan fingerprint density at radius 3 is 3.09 bits per heavy atom.